The lowest BCUT2D eigenvalue weighted by molar-refractivity contribution is -0.141. The van der Waals surface area contributed by atoms with Crippen LogP contribution in [-0.4, -0.2) is 80.8 Å². The third-order valence-electron chi connectivity index (χ3n) is 7.85. The minimum atomic E-state index is -4.79. The molecule has 0 aliphatic carbocycles. The van der Waals surface area contributed by atoms with E-state index in [-0.39, 0.29) is 46.5 Å². The maximum absolute atomic E-state index is 13.9. The summed E-state index contributed by atoms with van der Waals surface area (Å²) in [6.07, 6.45) is 3.18. The lowest BCUT2D eigenvalue weighted by Gasteiger charge is -2.17. The number of alkyl halides is 3. The van der Waals surface area contributed by atoms with Crippen LogP contribution in [0.15, 0.2) is 36.9 Å². The fourth-order valence-electron chi connectivity index (χ4n) is 5.49. The van der Waals surface area contributed by atoms with Gasteiger partial charge in [0.25, 0.3) is 12.4 Å². The Labute approximate surface area is 268 Å². The molecule has 3 aromatic heterocycles. The molecular formula is C31H34F3N9O4. The quantitative estimate of drug-likeness (QED) is 0.148. The standard InChI is InChI=1S/C31H34F3N9O4/c1-3-21-22(30(45)37-9-14-46-15-13-41-10-4-5-11-41)6-7-24(26(21)47-19-44)39-28-29-38-17-25(42(29)12-8-36-28)23-18-43(20(2)16-35)40-27(23)31(32,33)34/h6-8,12,17-20H,3-5,9-11,13-15H2,1-2H3,(H,36,39)(H,37,45). The van der Waals surface area contributed by atoms with Crippen molar-refractivity contribution < 1.29 is 32.2 Å². The van der Waals surface area contributed by atoms with Crippen LogP contribution in [0.3, 0.4) is 0 Å². The number of benzene rings is 1. The summed E-state index contributed by atoms with van der Waals surface area (Å²) in [6.45, 7) is 7.75. The number of anilines is 2. The van der Waals surface area contributed by atoms with Crippen molar-refractivity contribution in [1.82, 2.24) is 34.4 Å². The van der Waals surface area contributed by atoms with Gasteiger partial charge in [-0.25, -0.2) is 9.97 Å². The van der Waals surface area contributed by atoms with Crippen molar-refractivity contribution in [2.45, 2.75) is 45.3 Å². The number of nitrogens with one attached hydrogen (secondary N) is 2. The first kappa shape index (κ1) is 33.4. The number of ether oxygens (including phenoxy) is 2. The van der Waals surface area contributed by atoms with Gasteiger partial charge in [0.05, 0.1) is 42.4 Å². The molecule has 5 rings (SSSR count). The normalized spacial score (nSPS) is 14.2. The topological polar surface area (TPSA) is 152 Å². The number of imidazole rings is 1. The Hall–Kier alpha value is -5.01. The van der Waals surface area contributed by atoms with E-state index in [9.17, 15) is 28.0 Å². The van der Waals surface area contributed by atoms with Gasteiger partial charge < -0.3 is 25.0 Å². The van der Waals surface area contributed by atoms with Crippen molar-refractivity contribution in [3.63, 3.8) is 0 Å². The lowest BCUT2D eigenvalue weighted by Crippen LogP contribution is -2.30. The number of nitriles is 1. The highest BCUT2D eigenvalue weighted by Gasteiger charge is 2.39. The molecule has 0 radical (unpaired) electrons. The summed E-state index contributed by atoms with van der Waals surface area (Å²) in [7, 11) is 0. The Bertz CT molecular complexity index is 1770. The molecule has 1 aliphatic heterocycles. The van der Waals surface area contributed by atoms with Crippen molar-refractivity contribution in [3.8, 4) is 23.1 Å². The average Bonchev–Trinajstić information content (AvgIpc) is 3.83. The summed E-state index contributed by atoms with van der Waals surface area (Å²) in [4.78, 5) is 35.6. The van der Waals surface area contributed by atoms with Gasteiger partial charge in [0, 0.05) is 42.8 Å². The minimum absolute atomic E-state index is 0.0693. The van der Waals surface area contributed by atoms with E-state index in [0.29, 0.717) is 37.3 Å². The van der Waals surface area contributed by atoms with Gasteiger partial charge >= 0.3 is 6.18 Å². The molecule has 1 aliphatic rings. The van der Waals surface area contributed by atoms with Crippen LogP contribution in [0.5, 0.6) is 5.75 Å². The molecule has 1 amide bonds. The smallest absolute Gasteiger partial charge is 0.426 e. The number of amides is 1. The molecular weight excluding hydrogens is 619 g/mol. The van der Waals surface area contributed by atoms with Crippen LogP contribution in [-0.2, 0) is 22.1 Å². The van der Waals surface area contributed by atoms with E-state index >= 15 is 0 Å². The van der Waals surface area contributed by atoms with Gasteiger partial charge in [0.2, 0.25) is 0 Å². The SMILES string of the molecule is CCc1c(C(=O)NCCOCCN2CCCC2)ccc(Nc2nccn3c(-c4cn(C(C)C#N)nc4C(F)(F)F)cnc23)c1OC=O. The summed E-state index contributed by atoms with van der Waals surface area (Å²) in [5.41, 5.74) is -0.144. The van der Waals surface area contributed by atoms with Crippen LogP contribution in [0.25, 0.3) is 16.9 Å². The summed E-state index contributed by atoms with van der Waals surface area (Å²) < 4.78 is 55.2. The van der Waals surface area contributed by atoms with Gasteiger partial charge in [-0.2, -0.15) is 23.5 Å². The second kappa shape index (κ2) is 14.6. The molecule has 16 heteroatoms. The summed E-state index contributed by atoms with van der Waals surface area (Å²) in [6, 6.07) is 4.07. The molecule has 4 aromatic rings. The molecule has 4 heterocycles. The number of rotatable bonds is 14. The second-order valence-electron chi connectivity index (χ2n) is 10.9. The van der Waals surface area contributed by atoms with E-state index in [1.807, 2.05) is 6.07 Å². The molecule has 0 saturated carbocycles. The van der Waals surface area contributed by atoms with Gasteiger partial charge in [0.15, 0.2) is 22.9 Å². The third-order valence-corrected chi connectivity index (χ3v) is 7.85. The number of carbonyl (C=O) groups excluding carboxylic acids is 2. The number of carbonyl (C=O) groups is 2. The van der Waals surface area contributed by atoms with Crippen LogP contribution in [0.4, 0.5) is 24.7 Å². The van der Waals surface area contributed by atoms with Crippen LogP contribution in [0.1, 0.15) is 54.3 Å². The maximum Gasteiger partial charge on any atom is 0.435 e. The van der Waals surface area contributed by atoms with Gasteiger partial charge in [-0.15, -0.1) is 0 Å². The van der Waals surface area contributed by atoms with Crippen molar-refractivity contribution >= 4 is 29.5 Å². The molecule has 13 nitrogen and oxygen atoms in total. The maximum atomic E-state index is 13.9. The van der Waals surface area contributed by atoms with Crippen LogP contribution < -0.4 is 15.4 Å². The number of aromatic nitrogens is 5. The zero-order valence-electron chi connectivity index (χ0n) is 25.9. The molecule has 1 saturated heterocycles. The van der Waals surface area contributed by atoms with E-state index in [0.717, 1.165) is 30.5 Å². The predicted octanol–water partition coefficient (Wildman–Crippen LogP) is 4.38. The van der Waals surface area contributed by atoms with E-state index < -0.39 is 17.9 Å². The number of halogens is 3. The van der Waals surface area contributed by atoms with E-state index in [2.05, 4.69) is 30.6 Å². The summed E-state index contributed by atoms with van der Waals surface area (Å²) >= 11 is 0. The summed E-state index contributed by atoms with van der Waals surface area (Å²) in [5, 5.41) is 18.7. The van der Waals surface area contributed by atoms with Crippen LogP contribution in [0.2, 0.25) is 0 Å². The summed E-state index contributed by atoms with van der Waals surface area (Å²) in [5.74, 6) is -0.123. The van der Waals surface area contributed by atoms with Gasteiger partial charge in [-0.3, -0.25) is 18.7 Å². The lowest BCUT2D eigenvalue weighted by atomic mass is 10.0. The molecule has 1 fully saturated rings. The van der Waals surface area contributed by atoms with E-state index in [1.165, 1.54) is 42.8 Å². The Balaban J connectivity index is 1.37. The molecule has 1 aromatic carbocycles. The van der Waals surface area contributed by atoms with Crippen molar-refractivity contribution in [2.24, 2.45) is 0 Å². The third kappa shape index (κ3) is 7.36. The Morgan fingerprint density at radius 2 is 2.00 bits per heavy atom. The highest BCUT2D eigenvalue weighted by atomic mass is 19.4. The number of likely N-dealkylation sites (tertiary alicyclic amines) is 1. The number of hydrogen-bond donors (Lipinski definition) is 2. The Morgan fingerprint density at radius 3 is 2.70 bits per heavy atom. The first-order valence-electron chi connectivity index (χ1n) is 15.2. The van der Waals surface area contributed by atoms with Gasteiger partial charge in [0.1, 0.15) is 6.04 Å². The Kier molecular flexibility index (Phi) is 10.4. The zero-order chi connectivity index (χ0) is 33.6. The molecule has 2 N–H and O–H groups in total. The fraction of sp³-hybridized carbons (Fsp3) is 0.419. The second-order valence-corrected chi connectivity index (χ2v) is 10.9. The number of fused-ring (bicyclic) bond motifs is 1. The number of hydrogen-bond acceptors (Lipinski definition) is 10. The number of nitrogens with zero attached hydrogens (tertiary/aromatic N) is 7. The minimum Gasteiger partial charge on any atom is -0.426 e. The van der Waals surface area contributed by atoms with Crippen LogP contribution in [0, 0.1) is 11.3 Å². The Morgan fingerprint density at radius 1 is 1.21 bits per heavy atom. The highest BCUT2D eigenvalue weighted by molar-refractivity contribution is 5.97. The monoisotopic (exact) mass is 653 g/mol. The first-order chi connectivity index (χ1) is 22.7. The first-order valence-corrected chi connectivity index (χ1v) is 15.2. The molecule has 1 atom stereocenters. The molecule has 0 bridgehead atoms. The van der Waals surface area contributed by atoms with Crippen molar-refractivity contribution in [1.29, 1.82) is 5.26 Å². The predicted molar refractivity (Wildman–Crippen MR) is 164 cm³/mol. The molecule has 0 spiro atoms. The van der Waals surface area contributed by atoms with Crippen molar-refractivity contribution in [3.05, 3.63) is 53.7 Å². The van der Waals surface area contributed by atoms with Gasteiger partial charge in [-0.05, 0) is 51.4 Å². The van der Waals surface area contributed by atoms with Crippen molar-refractivity contribution in [2.75, 3.05) is 44.7 Å². The average molecular weight is 654 g/mol. The molecule has 248 valence electrons. The largest absolute Gasteiger partial charge is 0.435 e. The highest BCUT2D eigenvalue weighted by Crippen LogP contribution is 2.38. The van der Waals surface area contributed by atoms with E-state index in [4.69, 9.17) is 9.47 Å². The molecule has 1 unspecified atom stereocenters. The van der Waals surface area contributed by atoms with E-state index in [1.54, 1.807) is 19.1 Å². The zero-order valence-corrected chi connectivity index (χ0v) is 25.9. The van der Waals surface area contributed by atoms with Gasteiger partial charge in [-0.1, -0.05) is 6.92 Å². The van der Waals surface area contributed by atoms with Crippen LogP contribution >= 0.6 is 0 Å². The fourth-order valence-corrected chi connectivity index (χ4v) is 5.49. The molecule has 47 heavy (non-hydrogen) atoms.